The van der Waals surface area contributed by atoms with Crippen molar-refractivity contribution in [2.45, 2.75) is 164 Å². The van der Waals surface area contributed by atoms with E-state index in [0.717, 1.165) is 70.2 Å². The summed E-state index contributed by atoms with van der Waals surface area (Å²) in [7, 11) is -3.68. The zero-order valence-corrected chi connectivity index (χ0v) is 47.4. The van der Waals surface area contributed by atoms with Crippen molar-refractivity contribution in [3.8, 4) is 34.5 Å². The molecule has 394 valence electrons. The molecule has 0 radical (unpaired) electrons. The van der Waals surface area contributed by atoms with E-state index in [9.17, 15) is 39.1 Å². The number of sulfone groups is 1. The number of phenols is 6. The molecule has 0 bridgehead atoms. The molecule has 0 aliphatic carbocycles. The lowest BCUT2D eigenvalue weighted by Crippen LogP contribution is -2.18. The molecule has 9 heteroatoms. The van der Waals surface area contributed by atoms with E-state index in [-0.39, 0.29) is 26.7 Å². The lowest BCUT2D eigenvalue weighted by atomic mass is 9.78. The fourth-order valence-electron chi connectivity index (χ4n) is 9.79. The summed E-state index contributed by atoms with van der Waals surface area (Å²) in [4.78, 5) is 0.277. The minimum absolute atomic E-state index is 0.0307. The predicted molar refractivity (Wildman–Crippen MR) is 303 cm³/mol. The molecule has 0 heterocycles. The molecule has 0 spiro atoms. The van der Waals surface area contributed by atoms with Crippen molar-refractivity contribution in [3.05, 3.63) is 197 Å². The summed E-state index contributed by atoms with van der Waals surface area (Å²) in [5.41, 5.74) is 17.4. The van der Waals surface area contributed by atoms with Gasteiger partial charge in [0.15, 0.2) is 0 Å². The smallest absolute Gasteiger partial charge is 0.206 e. The Labute approximate surface area is 442 Å². The maximum Gasteiger partial charge on any atom is 0.206 e. The van der Waals surface area contributed by atoms with E-state index in [1.54, 1.807) is 27.7 Å². The molecule has 2 atom stereocenters. The van der Waals surface area contributed by atoms with Crippen LogP contribution in [0.3, 0.4) is 0 Å². The van der Waals surface area contributed by atoms with Crippen molar-refractivity contribution < 1.29 is 39.1 Å². The predicted octanol–water partition coefficient (Wildman–Crippen LogP) is 15.4. The molecule has 0 amide bonds. The Morgan fingerprint density at radius 1 is 0.392 bits per heavy atom. The Bertz CT molecular complexity index is 3010. The number of hydrogen-bond acceptors (Lipinski definition) is 8. The highest BCUT2D eigenvalue weighted by molar-refractivity contribution is 7.91. The summed E-state index contributed by atoms with van der Waals surface area (Å²) >= 11 is 0. The summed E-state index contributed by atoms with van der Waals surface area (Å²) < 4.78 is 25.4. The van der Waals surface area contributed by atoms with Crippen LogP contribution >= 0.6 is 0 Å². The lowest BCUT2D eigenvalue weighted by Gasteiger charge is -2.27. The summed E-state index contributed by atoms with van der Waals surface area (Å²) in [6.45, 7) is 31.3. The lowest BCUT2D eigenvalue weighted by molar-refractivity contribution is 0.457. The van der Waals surface area contributed by atoms with Gasteiger partial charge in [-0.2, -0.15) is 0 Å². The Kier molecular flexibility index (Phi) is 18.6. The molecule has 7 aromatic rings. The van der Waals surface area contributed by atoms with Crippen molar-refractivity contribution in [1.29, 1.82) is 0 Å². The third-order valence-electron chi connectivity index (χ3n) is 14.7. The second-order valence-electron chi connectivity index (χ2n) is 21.8. The van der Waals surface area contributed by atoms with Crippen LogP contribution in [0.4, 0.5) is 0 Å². The Morgan fingerprint density at radius 2 is 0.662 bits per heavy atom. The number of rotatable bonds is 12. The maximum atomic E-state index is 12.7. The second kappa shape index (κ2) is 23.7. The van der Waals surface area contributed by atoms with Gasteiger partial charge in [0.05, 0.1) is 9.79 Å². The van der Waals surface area contributed by atoms with Gasteiger partial charge in [-0.05, 0) is 250 Å². The van der Waals surface area contributed by atoms with Gasteiger partial charge in [-0.1, -0.05) is 100 Å². The van der Waals surface area contributed by atoms with Gasteiger partial charge >= 0.3 is 0 Å². The standard InChI is InChI=1S/C28H34O2.C21H28O2.C16H18O4S/c1-17(25-12-19(3)27(29)20(4)13-25)10-23-8-7-9-24(16-23)11-18(2)26-14-21(5)28(30)22(6)15-26;1-13-9-17(10-14(2)19(13)22)7-8-21(5,6)18-11-15(3)20(23)16(4)12-18;1-9-5-13(6-10(2)15(9)17)21(19,20)14-7-11(3)16(18)12(4)8-14/h7-9,12-18,29-30H,10-11H2,1-6H3;9-12,22-23H,7-8H2,1-6H3;5-8,17-18H,1-4H3. The van der Waals surface area contributed by atoms with Gasteiger partial charge in [0.2, 0.25) is 9.84 Å². The first-order valence-electron chi connectivity index (χ1n) is 25.5. The van der Waals surface area contributed by atoms with Crippen molar-refractivity contribution in [2.75, 3.05) is 0 Å². The molecular weight excluding hydrogens is 941 g/mol. The van der Waals surface area contributed by atoms with Crippen LogP contribution in [0.25, 0.3) is 0 Å². The molecule has 0 aromatic heterocycles. The summed E-state index contributed by atoms with van der Waals surface area (Å²) in [5, 5.41) is 59.5. The zero-order chi connectivity index (χ0) is 55.3. The largest absolute Gasteiger partial charge is 0.507 e. The van der Waals surface area contributed by atoms with Crippen LogP contribution in [-0.2, 0) is 34.5 Å². The van der Waals surface area contributed by atoms with E-state index in [4.69, 9.17) is 0 Å². The van der Waals surface area contributed by atoms with Crippen LogP contribution < -0.4 is 0 Å². The van der Waals surface area contributed by atoms with E-state index in [1.807, 2.05) is 55.4 Å². The SMILES string of the molecule is Cc1cc(C(C)Cc2cccc(CC(C)c3cc(C)c(O)c(C)c3)c2)cc(C)c1O.Cc1cc(CCC(C)(C)c2cc(C)c(O)c(C)c2)cc(C)c1O.Cc1cc(S(=O)(=O)c2cc(C)c(O)c(C)c2)cc(C)c1O. The first-order valence-corrected chi connectivity index (χ1v) is 27.0. The number of phenolic OH excluding ortho intramolecular Hbond substituents is 6. The van der Waals surface area contributed by atoms with Gasteiger partial charge in [0.1, 0.15) is 34.5 Å². The molecular formula is C65H80O8S. The molecule has 2 unspecified atom stereocenters. The highest BCUT2D eigenvalue weighted by Crippen LogP contribution is 2.36. The number of hydrogen-bond donors (Lipinski definition) is 6. The van der Waals surface area contributed by atoms with Gasteiger partial charge in [0.25, 0.3) is 0 Å². The van der Waals surface area contributed by atoms with E-state index in [1.165, 1.54) is 57.6 Å². The third kappa shape index (κ3) is 13.9. The highest BCUT2D eigenvalue weighted by Gasteiger charge is 2.24. The summed E-state index contributed by atoms with van der Waals surface area (Å²) in [6.07, 6.45) is 3.93. The molecule has 0 saturated heterocycles. The Morgan fingerprint density at radius 3 is 0.973 bits per heavy atom. The normalized spacial score (nSPS) is 12.3. The summed E-state index contributed by atoms with van der Waals surface area (Å²) in [5.74, 6) is 2.59. The first-order chi connectivity index (χ1) is 34.4. The van der Waals surface area contributed by atoms with Gasteiger partial charge in [-0.25, -0.2) is 8.42 Å². The highest BCUT2D eigenvalue weighted by atomic mass is 32.2. The van der Waals surface area contributed by atoms with Gasteiger partial charge in [0, 0.05) is 0 Å². The van der Waals surface area contributed by atoms with Gasteiger partial charge in [-0.15, -0.1) is 0 Å². The monoisotopic (exact) mass is 1020 g/mol. The fourth-order valence-corrected chi connectivity index (χ4v) is 11.4. The molecule has 74 heavy (non-hydrogen) atoms. The second-order valence-corrected chi connectivity index (χ2v) is 23.7. The van der Waals surface area contributed by atoms with Crippen molar-refractivity contribution in [1.82, 2.24) is 0 Å². The third-order valence-corrected chi connectivity index (χ3v) is 16.4. The molecule has 0 aliphatic heterocycles. The van der Waals surface area contributed by atoms with Gasteiger partial charge in [-0.3, -0.25) is 0 Å². The van der Waals surface area contributed by atoms with Crippen LogP contribution in [-0.4, -0.2) is 39.1 Å². The summed E-state index contributed by atoms with van der Waals surface area (Å²) in [6, 6.07) is 31.5. The first kappa shape index (κ1) is 58.2. The van der Waals surface area contributed by atoms with E-state index in [0.29, 0.717) is 57.1 Å². The van der Waals surface area contributed by atoms with E-state index >= 15 is 0 Å². The van der Waals surface area contributed by atoms with Crippen LogP contribution in [0.5, 0.6) is 34.5 Å². The topological polar surface area (TPSA) is 156 Å². The van der Waals surface area contributed by atoms with Crippen molar-refractivity contribution in [2.24, 2.45) is 0 Å². The van der Waals surface area contributed by atoms with Crippen molar-refractivity contribution >= 4 is 9.84 Å². The molecule has 0 fully saturated rings. The molecule has 6 N–H and O–H groups in total. The molecule has 7 aromatic carbocycles. The minimum atomic E-state index is -3.68. The van der Waals surface area contributed by atoms with E-state index < -0.39 is 9.84 Å². The average molecular weight is 1020 g/mol. The Balaban J connectivity index is 0.000000210. The minimum Gasteiger partial charge on any atom is -0.507 e. The van der Waals surface area contributed by atoms with Crippen LogP contribution in [0.15, 0.2) is 107 Å². The zero-order valence-electron chi connectivity index (χ0n) is 46.6. The van der Waals surface area contributed by atoms with Crippen LogP contribution in [0.2, 0.25) is 0 Å². The van der Waals surface area contributed by atoms with Crippen LogP contribution in [0.1, 0.15) is 146 Å². The fraction of sp³-hybridized carbons (Fsp3) is 0.354. The molecule has 0 saturated carbocycles. The van der Waals surface area contributed by atoms with Crippen molar-refractivity contribution in [3.63, 3.8) is 0 Å². The molecule has 7 rings (SSSR count). The van der Waals surface area contributed by atoms with E-state index in [2.05, 4.69) is 100 Å². The molecule has 0 aliphatic rings. The number of aryl methyl sites for hydroxylation is 13. The quantitative estimate of drug-likeness (QED) is 0.0707. The maximum absolute atomic E-state index is 12.7. The van der Waals surface area contributed by atoms with Crippen LogP contribution in [0, 0.1) is 83.1 Å². The number of benzene rings is 7. The van der Waals surface area contributed by atoms with Gasteiger partial charge < -0.3 is 30.6 Å². The Hall–Kier alpha value is -6.71. The number of aromatic hydroxyl groups is 6. The average Bonchev–Trinajstić information content (AvgIpc) is 3.33. The molecule has 8 nitrogen and oxygen atoms in total.